The Morgan fingerprint density at radius 2 is 1.00 bits per heavy atom. The summed E-state index contributed by atoms with van der Waals surface area (Å²) in [4.78, 5) is 2.25. The van der Waals surface area contributed by atoms with Crippen molar-refractivity contribution in [1.29, 1.82) is 0 Å². The summed E-state index contributed by atoms with van der Waals surface area (Å²) >= 11 is 0. The number of allylic oxidation sites excluding steroid dienone is 9. The van der Waals surface area contributed by atoms with Crippen molar-refractivity contribution in [2.45, 2.75) is 0 Å². The molecule has 0 saturated carbocycles. The van der Waals surface area contributed by atoms with Crippen molar-refractivity contribution in [1.82, 2.24) is 4.90 Å². The molecule has 0 fully saturated rings. The van der Waals surface area contributed by atoms with Gasteiger partial charge in [-0.05, 0) is 36.5 Å². The third kappa shape index (κ3) is 0.872. The minimum Gasteiger partial charge on any atom is -0.311 e. The van der Waals surface area contributed by atoms with E-state index < -0.39 is 0 Å². The molecule has 3 aliphatic rings. The van der Waals surface area contributed by atoms with E-state index in [1.54, 1.807) is 0 Å². The minimum absolute atomic E-state index is 1.25. The van der Waals surface area contributed by atoms with Gasteiger partial charge in [-0.3, -0.25) is 0 Å². The first kappa shape index (κ1) is 6.72. The third-order valence-electron chi connectivity index (χ3n) is 2.38. The predicted molar refractivity (Wildman–Crippen MR) is 53.5 cm³/mol. The van der Waals surface area contributed by atoms with E-state index in [4.69, 9.17) is 0 Å². The first-order chi connectivity index (χ1) is 6.45. The van der Waals surface area contributed by atoms with Crippen molar-refractivity contribution in [3.05, 3.63) is 71.8 Å². The monoisotopic (exact) mass is 167 g/mol. The molecule has 13 heavy (non-hydrogen) atoms. The quantitative estimate of drug-likeness (QED) is 0.536. The van der Waals surface area contributed by atoms with Crippen LogP contribution in [0.15, 0.2) is 71.8 Å². The summed E-state index contributed by atoms with van der Waals surface area (Å²) < 4.78 is 0. The molecule has 0 aliphatic carbocycles. The van der Waals surface area contributed by atoms with E-state index >= 15 is 0 Å². The zero-order valence-corrected chi connectivity index (χ0v) is 7.14. The predicted octanol–water partition coefficient (Wildman–Crippen LogP) is 2.65. The van der Waals surface area contributed by atoms with Crippen LogP contribution in [0.1, 0.15) is 0 Å². The fourth-order valence-corrected chi connectivity index (χ4v) is 1.80. The van der Waals surface area contributed by atoms with Crippen molar-refractivity contribution in [2.24, 2.45) is 0 Å². The lowest BCUT2D eigenvalue weighted by atomic mass is 10.1. The summed E-state index contributed by atoms with van der Waals surface area (Å²) in [6.45, 7) is 0. The van der Waals surface area contributed by atoms with Crippen LogP contribution in [-0.4, -0.2) is 4.90 Å². The lowest BCUT2D eigenvalue weighted by Crippen LogP contribution is -2.23. The highest BCUT2D eigenvalue weighted by atomic mass is 15.2. The van der Waals surface area contributed by atoms with Crippen LogP contribution in [0, 0.1) is 0 Å². The second-order valence-corrected chi connectivity index (χ2v) is 3.19. The van der Waals surface area contributed by atoms with Gasteiger partial charge in [0, 0.05) is 17.1 Å². The van der Waals surface area contributed by atoms with Gasteiger partial charge >= 0.3 is 0 Å². The van der Waals surface area contributed by atoms with E-state index in [0.717, 1.165) is 0 Å². The Labute approximate surface area is 77.4 Å². The van der Waals surface area contributed by atoms with Gasteiger partial charge in [0.2, 0.25) is 0 Å². The summed E-state index contributed by atoms with van der Waals surface area (Å²) in [6.07, 6.45) is 19.0. The average Bonchev–Trinajstić information content (AvgIpc) is 2.19. The molecule has 0 aromatic rings. The Morgan fingerprint density at radius 1 is 0.615 bits per heavy atom. The maximum atomic E-state index is 2.25. The van der Waals surface area contributed by atoms with Crippen LogP contribution in [0.2, 0.25) is 0 Å². The SMILES string of the molecule is C1=CC2=CC=CC3=CC=CC(=C1)N23. The van der Waals surface area contributed by atoms with Crippen LogP contribution >= 0.6 is 0 Å². The standard InChI is InChI=1S/C12H9N/c1-4-10-6-2-8-12-9-3-7-11(5-1)13(10)12/h1-9H. The molecule has 1 heteroatoms. The van der Waals surface area contributed by atoms with Gasteiger partial charge in [-0.2, -0.15) is 0 Å². The molecule has 62 valence electrons. The van der Waals surface area contributed by atoms with Crippen LogP contribution in [-0.2, 0) is 0 Å². The molecular weight excluding hydrogens is 158 g/mol. The second kappa shape index (κ2) is 2.36. The van der Waals surface area contributed by atoms with Gasteiger partial charge in [-0.25, -0.2) is 0 Å². The van der Waals surface area contributed by atoms with Gasteiger partial charge in [0.15, 0.2) is 0 Å². The lowest BCUT2D eigenvalue weighted by Gasteiger charge is -2.33. The van der Waals surface area contributed by atoms with E-state index in [1.165, 1.54) is 17.1 Å². The smallest absolute Gasteiger partial charge is 0.0461 e. The highest BCUT2D eigenvalue weighted by Crippen LogP contribution is 2.31. The van der Waals surface area contributed by atoms with Gasteiger partial charge < -0.3 is 4.90 Å². The summed E-state index contributed by atoms with van der Waals surface area (Å²) in [5.74, 6) is 0. The normalized spacial score (nSPS) is 22.2. The van der Waals surface area contributed by atoms with E-state index in [-0.39, 0.29) is 0 Å². The summed E-state index contributed by atoms with van der Waals surface area (Å²) in [5, 5.41) is 0. The zero-order valence-electron chi connectivity index (χ0n) is 7.14. The highest BCUT2D eigenvalue weighted by molar-refractivity contribution is 5.51. The molecule has 0 spiro atoms. The van der Waals surface area contributed by atoms with E-state index in [1.807, 2.05) is 0 Å². The minimum atomic E-state index is 1.25. The molecule has 0 saturated heterocycles. The maximum absolute atomic E-state index is 2.25. The molecule has 0 atom stereocenters. The zero-order chi connectivity index (χ0) is 8.67. The number of hydrogen-bond donors (Lipinski definition) is 0. The summed E-state index contributed by atoms with van der Waals surface area (Å²) in [7, 11) is 0. The van der Waals surface area contributed by atoms with Gasteiger partial charge in [0.25, 0.3) is 0 Å². The third-order valence-corrected chi connectivity index (χ3v) is 2.38. The van der Waals surface area contributed by atoms with Crippen LogP contribution < -0.4 is 0 Å². The maximum Gasteiger partial charge on any atom is 0.0461 e. The molecule has 0 radical (unpaired) electrons. The van der Waals surface area contributed by atoms with Gasteiger partial charge in [0.05, 0.1) is 0 Å². The van der Waals surface area contributed by atoms with E-state index in [9.17, 15) is 0 Å². The molecule has 1 nitrogen and oxygen atoms in total. The van der Waals surface area contributed by atoms with Gasteiger partial charge in [-0.15, -0.1) is 0 Å². The molecule has 0 bridgehead atoms. The highest BCUT2D eigenvalue weighted by Gasteiger charge is 2.19. The molecule has 0 aromatic heterocycles. The Hall–Kier alpha value is -1.76. The van der Waals surface area contributed by atoms with Crippen LogP contribution in [0.25, 0.3) is 0 Å². The summed E-state index contributed by atoms with van der Waals surface area (Å²) in [6, 6.07) is 0. The Morgan fingerprint density at radius 3 is 1.38 bits per heavy atom. The van der Waals surface area contributed by atoms with Crippen molar-refractivity contribution < 1.29 is 0 Å². The first-order valence-electron chi connectivity index (χ1n) is 4.40. The Kier molecular flexibility index (Phi) is 1.22. The number of nitrogens with zero attached hydrogens (tertiary/aromatic N) is 1. The van der Waals surface area contributed by atoms with Crippen molar-refractivity contribution in [2.75, 3.05) is 0 Å². The van der Waals surface area contributed by atoms with Crippen molar-refractivity contribution in [3.8, 4) is 0 Å². The summed E-state index contributed by atoms with van der Waals surface area (Å²) in [5.41, 5.74) is 3.74. The molecular formula is C12H9N. The Bertz CT molecular complexity index is 361. The molecule has 0 N–H and O–H groups in total. The average molecular weight is 167 g/mol. The second-order valence-electron chi connectivity index (χ2n) is 3.19. The van der Waals surface area contributed by atoms with Gasteiger partial charge in [-0.1, -0.05) is 18.2 Å². The fraction of sp³-hybridized carbons (Fsp3) is 0. The Balaban J connectivity index is 2.23. The van der Waals surface area contributed by atoms with E-state index in [2.05, 4.69) is 59.6 Å². The largest absolute Gasteiger partial charge is 0.311 e. The van der Waals surface area contributed by atoms with E-state index in [0.29, 0.717) is 0 Å². The molecule has 3 aliphatic heterocycles. The van der Waals surface area contributed by atoms with Crippen LogP contribution in [0.4, 0.5) is 0 Å². The fourth-order valence-electron chi connectivity index (χ4n) is 1.80. The van der Waals surface area contributed by atoms with Crippen molar-refractivity contribution in [3.63, 3.8) is 0 Å². The number of rotatable bonds is 0. The van der Waals surface area contributed by atoms with Gasteiger partial charge in [0.1, 0.15) is 0 Å². The molecule has 3 rings (SSSR count). The van der Waals surface area contributed by atoms with Crippen molar-refractivity contribution >= 4 is 0 Å². The molecule has 0 unspecified atom stereocenters. The lowest BCUT2D eigenvalue weighted by molar-refractivity contribution is 0.563. The first-order valence-corrected chi connectivity index (χ1v) is 4.40. The molecule has 0 aromatic carbocycles. The molecule has 3 heterocycles. The number of hydrogen-bond acceptors (Lipinski definition) is 1. The topological polar surface area (TPSA) is 3.24 Å². The molecule has 0 amide bonds. The van der Waals surface area contributed by atoms with Crippen LogP contribution in [0.3, 0.4) is 0 Å². The van der Waals surface area contributed by atoms with Crippen LogP contribution in [0.5, 0.6) is 0 Å².